The Morgan fingerprint density at radius 3 is 1.49 bits per heavy atom. The lowest BCUT2D eigenvalue weighted by atomic mass is 10.0. The molecule has 0 spiro atoms. The maximum absolute atomic E-state index is 6.76. The van der Waals surface area contributed by atoms with E-state index in [0.717, 1.165) is 72.2 Å². The number of aromatic nitrogens is 3. The van der Waals surface area contributed by atoms with Crippen molar-refractivity contribution < 1.29 is 4.42 Å². The number of benzene rings is 9. The summed E-state index contributed by atoms with van der Waals surface area (Å²) in [4.78, 5) is 18.3. The number of rotatable bonds is 8. The van der Waals surface area contributed by atoms with Crippen LogP contribution in [0.3, 0.4) is 0 Å². The van der Waals surface area contributed by atoms with Crippen molar-refractivity contribution in [2.45, 2.75) is 0 Å². The van der Waals surface area contributed by atoms with E-state index >= 15 is 0 Å². The van der Waals surface area contributed by atoms with Gasteiger partial charge in [-0.05, 0) is 70.8 Å². The molecule has 9 aromatic carbocycles. The topological polar surface area (TPSA) is 55.1 Å². The smallest absolute Gasteiger partial charge is 0.164 e. The Kier molecular flexibility index (Phi) is 8.94. The van der Waals surface area contributed by atoms with Gasteiger partial charge in [0.2, 0.25) is 0 Å². The monoisotopic (exact) mass is 824 g/mol. The van der Waals surface area contributed by atoms with Gasteiger partial charge in [-0.3, -0.25) is 0 Å². The van der Waals surface area contributed by atoms with E-state index in [9.17, 15) is 0 Å². The molecule has 3 heterocycles. The minimum absolute atomic E-state index is 0.563. The summed E-state index contributed by atoms with van der Waals surface area (Å²) in [5.41, 5.74) is 11.8. The summed E-state index contributed by atoms with van der Waals surface area (Å²) >= 11 is 1.79. The maximum Gasteiger partial charge on any atom is 0.164 e. The number of fused-ring (bicyclic) bond motifs is 6. The zero-order chi connectivity index (χ0) is 41.7. The summed E-state index contributed by atoms with van der Waals surface area (Å²) in [5, 5.41) is 4.28. The van der Waals surface area contributed by atoms with Gasteiger partial charge in [-0.25, -0.2) is 15.0 Å². The standard InChI is InChI=1S/C57H36N4OS/c1-4-15-37(16-5-1)39-27-31-42(32-28-39)61(43-33-29-40(30-34-43)38-17-6-2-7-18-38)44-35-48(53-45-21-10-12-24-49(45)62-50(53)36-44)57-59-55(41-19-8-3-9-20-41)58-56(60-57)47-23-14-26-52-54(47)46-22-11-13-25-51(46)63-52/h1-36H. The molecule has 296 valence electrons. The summed E-state index contributed by atoms with van der Waals surface area (Å²) in [6, 6.07) is 76.2. The van der Waals surface area contributed by atoms with Gasteiger partial charge in [0.1, 0.15) is 11.2 Å². The van der Waals surface area contributed by atoms with Crippen molar-refractivity contribution in [2.75, 3.05) is 4.90 Å². The lowest BCUT2D eigenvalue weighted by Crippen LogP contribution is -2.10. The molecular formula is C57H36N4OS. The average Bonchev–Trinajstić information content (AvgIpc) is 3.94. The molecule has 6 heteroatoms. The third-order valence-electron chi connectivity index (χ3n) is 11.7. The van der Waals surface area contributed by atoms with Crippen LogP contribution < -0.4 is 4.90 Å². The van der Waals surface area contributed by atoms with Gasteiger partial charge >= 0.3 is 0 Å². The van der Waals surface area contributed by atoms with E-state index in [1.54, 1.807) is 11.3 Å². The first kappa shape index (κ1) is 36.6. The average molecular weight is 825 g/mol. The normalized spacial score (nSPS) is 11.5. The number of hydrogen-bond acceptors (Lipinski definition) is 6. The van der Waals surface area contributed by atoms with Gasteiger partial charge in [-0.1, -0.05) is 164 Å². The Bertz CT molecular complexity index is 3520. The molecule has 3 aromatic heterocycles. The van der Waals surface area contributed by atoms with Crippen LogP contribution in [0.4, 0.5) is 17.1 Å². The quantitative estimate of drug-likeness (QED) is 0.153. The Hall–Kier alpha value is -8.19. The van der Waals surface area contributed by atoms with Gasteiger partial charge < -0.3 is 9.32 Å². The summed E-state index contributed by atoms with van der Waals surface area (Å²) in [5.74, 6) is 1.78. The molecule has 0 unspecified atom stereocenters. The first-order valence-electron chi connectivity index (χ1n) is 21.0. The lowest BCUT2D eigenvalue weighted by Gasteiger charge is -2.26. The van der Waals surface area contributed by atoms with E-state index in [-0.39, 0.29) is 0 Å². The number of nitrogens with zero attached hydrogens (tertiary/aromatic N) is 4. The second kappa shape index (κ2) is 15.4. The van der Waals surface area contributed by atoms with E-state index < -0.39 is 0 Å². The molecule has 0 radical (unpaired) electrons. The number of thiophene rings is 1. The predicted molar refractivity (Wildman–Crippen MR) is 262 cm³/mol. The van der Waals surface area contributed by atoms with E-state index in [0.29, 0.717) is 17.5 Å². The van der Waals surface area contributed by atoms with Crippen LogP contribution in [0.2, 0.25) is 0 Å². The molecule has 0 aliphatic heterocycles. The fraction of sp³-hybridized carbons (Fsp3) is 0. The van der Waals surface area contributed by atoms with Crippen LogP contribution in [0.15, 0.2) is 223 Å². The lowest BCUT2D eigenvalue weighted by molar-refractivity contribution is 0.669. The predicted octanol–water partition coefficient (Wildman–Crippen LogP) is 15.9. The van der Waals surface area contributed by atoms with E-state index in [2.05, 4.69) is 181 Å². The molecule has 0 amide bonds. The van der Waals surface area contributed by atoms with Crippen molar-refractivity contribution >= 4 is 70.5 Å². The molecule has 0 bridgehead atoms. The molecule has 12 aromatic rings. The zero-order valence-corrected chi connectivity index (χ0v) is 34.7. The molecule has 0 aliphatic rings. The molecular weight excluding hydrogens is 789 g/mol. The van der Waals surface area contributed by atoms with Crippen LogP contribution >= 0.6 is 11.3 Å². The van der Waals surface area contributed by atoms with Gasteiger partial charge in [-0.2, -0.15) is 0 Å². The molecule has 0 saturated heterocycles. The Balaban J connectivity index is 1.11. The fourth-order valence-electron chi connectivity index (χ4n) is 8.75. The van der Waals surface area contributed by atoms with Crippen LogP contribution in [0, 0.1) is 0 Å². The molecule has 0 N–H and O–H groups in total. The van der Waals surface area contributed by atoms with Crippen molar-refractivity contribution in [3.8, 4) is 56.4 Å². The number of anilines is 3. The van der Waals surface area contributed by atoms with Crippen LogP contribution in [0.1, 0.15) is 0 Å². The van der Waals surface area contributed by atoms with Crippen molar-refractivity contribution in [3.05, 3.63) is 218 Å². The van der Waals surface area contributed by atoms with Crippen molar-refractivity contribution in [1.29, 1.82) is 0 Å². The number of hydrogen-bond donors (Lipinski definition) is 0. The third kappa shape index (κ3) is 6.61. The number of furan rings is 1. The minimum atomic E-state index is 0.563. The Morgan fingerprint density at radius 1 is 0.333 bits per heavy atom. The van der Waals surface area contributed by atoms with E-state index in [1.165, 1.54) is 25.9 Å². The van der Waals surface area contributed by atoms with Crippen molar-refractivity contribution in [2.24, 2.45) is 0 Å². The maximum atomic E-state index is 6.76. The first-order valence-corrected chi connectivity index (χ1v) is 21.8. The second-order valence-electron chi connectivity index (χ2n) is 15.6. The fourth-order valence-corrected chi connectivity index (χ4v) is 9.89. The molecule has 63 heavy (non-hydrogen) atoms. The highest BCUT2D eigenvalue weighted by atomic mass is 32.1. The molecule has 12 rings (SSSR count). The van der Waals surface area contributed by atoms with E-state index in [1.807, 2.05) is 42.5 Å². The summed E-state index contributed by atoms with van der Waals surface area (Å²) in [6.45, 7) is 0. The van der Waals surface area contributed by atoms with Crippen molar-refractivity contribution in [3.63, 3.8) is 0 Å². The highest BCUT2D eigenvalue weighted by molar-refractivity contribution is 7.25. The SMILES string of the molecule is c1ccc(-c2ccc(N(c3ccc(-c4ccccc4)cc3)c3cc(-c4nc(-c5ccccc5)nc(-c5cccc6sc7ccccc7c56)n4)c4c(c3)oc3ccccc34)cc2)cc1. The van der Waals surface area contributed by atoms with Gasteiger partial charge in [0, 0.05) is 65.1 Å². The van der Waals surface area contributed by atoms with Crippen molar-refractivity contribution in [1.82, 2.24) is 15.0 Å². The Labute approximate surface area is 367 Å². The van der Waals surface area contributed by atoms with Gasteiger partial charge in [0.05, 0.1) is 5.69 Å². The van der Waals surface area contributed by atoms with Gasteiger partial charge in [0.25, 0.3) is 0 Å². The van der Waals surface area contributed by atoms with Crippen LogP contribution in [-0.4, -0.2) is 15.0 Å². The number of para-hydroxylation sites is 1. The zero-order valence-electron chi connectivity index (χ0n) is 33.9. The van der Waals surface area contributed by atoms with Crippen LogP contribution in [0.5, 0.6) is 0 Å². The molecule has 0 aliphatic carbocycles. The largest absolute Gasteiger partial charge is 0.456 e. The van der Waals surface area contributed by atoms with Gasteiger partial charge in [-0.15, -0.1) is 11.3 Å². The van der Waals surface area contributed by atoms with E-state index in [4.69, 9.17) is 19.4 Å². The van der Waals surface area contributed by atoms with Gasteiger partial charge in [0.15, 0.2) is 17.5 Å². The molecule has 5 nitrogen and oxygen atoms in total. The van der Waals surface area contributed by atoms with Crippen LogP contribution in [-0.2, 0) is 0 Å². The summed E-state index contributed by atoms with van der Waals surface area (Å²) in [6.07, 6.45) is 0. The first-order chi connectivity index (χ1) is 31.2. The molecule has 0 saturated carbocycles. The molecule has 0 atom stereocenters. The Morgan fingerprint density at radius 2 is 0.841 bits per heavy atom. The summed E-state index contributed by atoms with van der Waals surface area (Å²) < 4.78 is 9.18. The second-order valence-corrected chi connectivity index (χ2v) is 16.7. The molecule has 0 fully saturated rings. The summed E-state index contributed by atoms with van der Waals surface area (Å²) in [7, 11) is 0. The third-order valence-corrected chi connectivity index (χ3v) is 12.9. The highest BCUT2D eigenvalue weighted by Crippen LogP contribution is 2.45. The minimum Gasteiger partial charge on any atom is -0.456 e. The van der Waals surface area contributed by atoms with Crippen LogP contribution in [0.25, 0.3) is 98.5 Å². The highest BCUT2D eigenvalue weighted by Gasteiger charge is 2.23.